The van der Waals surface area contributed by atoms with Crippen LogP contribution < -0.4 is 9.88 Å². The van der Waals surface area contributed by atoms with Crippen LogP contribution in [-0.2, 0) is 10.0 Å². The second-order valence-electron chi connectivity index (χ2n) is 5.07. The Morgan fingerprint density at radius 3 is 2.52 bits per heavy atom. The topological polar surface area (TPSA) is 69.4 Å². The molecule has 2 aromatic rings. The van der Waals surface area contributed by atoms with Gasteiger partial charge in [0.15, 0.2) is 0 Å². The molecule has 0 amide bonds. The van der Waals surface area contributed by atoms with Gasteiger partial charge in [0, 0.05) is 10.4 Å². The van der Waals surface area contributed by atoms with Gasteiger partial charge in [-0.25, -0.2) is 13.6 Å². The van der Waals surface area contributed by atoms with E-state index in [4.69, 9.17) is 9.88 Å². The van der Waals surface area contributed by atoms with E-state index in [1.165, 1.54) is 0 Å². The van der Waals surface area contributed by atoms with Crippen LogP contribution >= 0.6 is 15.9 Å². The molecule has 0 aromatic heterocycles. The van der Waals surface area contributed by atoms with Gasteiger partial charge >= 0.3 is 0 Å². The Labute approximate surface area is 133 Å². The molecule has 21 heavy (non-hydrogen) atoms. The Balaban J connectivity index is 2.07. The van der Waals surface area contributed by atoms with E-state index < -0.39 is 10.0 Å². The maximum absolute atomic E-state index is 11.1. The van der Waals surface area contributed by atoms with Crippen molar-refractivity contribution in [3.05, 3.63) is 40.9 Å². The third-order valence-electron chi connectivity index (χ3n) is 3.30. The molecule has 0 radical (unpaired) electrons. The number of rotatable bonds is 6. The molecule has 2 N–H and O–H groups in total. The summed E-state index contributed by atoms with van der Waals surface area (Å²) in [5.74, 6) is 0.586. The molecule has 0 fully saturated rings. The van der Waals surface area contributed by atoms with E-state index in [2.05, 4.69) is 15.9 Å². The molecule has 0 aliphatic carbocycles. The Hall–Kier alpha value is -1.11. The highest BCUT2D eigenvalue weighted by atomic mass is 79.9. The molecule has 2 rings (SSSR count). The van der Waals surface area contributed by atoms with Gasteiger partial charge in [-0.15, -0.1) is 0 Å². The van der Waals surface area contributed by atoms with Crippen LogP contribution in [0.5, 0.6) is 5.75 Å². The average Bonchev–Trinajstić information content (AvgIpc) is 2.42. The number of benzene rings is 2. The zero-order valence-corrected chi connectivity index (χ0v) is 14.2. The van der Waals surface area contributed by atoms with Crippen LogP contribution in [0.4, 0.5) is 0 Å². The maximum Gasteiger partial charge on any atom is 0.209 e. The molecule has 6 heteroatoms. The smallest absolute Gasteiger partial charge is 0.209 e. The first-order valence-corrected chi connectivity index (χ1v) is 9.21. The van der Waals surface area contributed by atoms with E-state index in [9.17, 15) is 8.42 Å². The molecule has 1 unspecified atom stereocenters. The fourth-order valence-electron chi connectivity index (χ4n) is 2.11. The first-order chi connectivity index (χ1) is 9.87. The highest BCUT2D eigenvalue weighted by molar-refractivity contribution is 9.10. The highest BCUT2D eigenvalue weighted by Crippen LogP contribution is 2.24. The summed E-state index contributed by atoms with van der Waals surface area (Å²) in [6, 6.07) is 11.8. The van der Waals surface area contributed by atoms with Crippen molar-refractivity contribution >= 4 is 36.7 Å². The zero-order valence-electron chi connectivity index (χ0n) is 11.8. The van der Waals surface area contributed by atoms with Crippen LogP contribution in [0.3, 0.4) is 0 Å². The SMILES string of the molecule is CCC(COc1ccc2cc(Br)ccc2c1)CS(N)(=O)=O. The fraction of sp³-hybridized carbons (Fsp3) is 0.333. The second-order valence-corrected chi connectivity index (χ2v) is 7.64. The molecule has 0 bridgehead atoms. The van der Waals surface area contributed by atoms with E-state index in [1.807, 2.05) is 43.3 Å². The maximum atomic E-state index is 11.1. The van der Waals surface area contributed by atoms with Crippen molar-refractivity contribution in [2.45, 2.75) is 13.3 Å². The number of ether oxygens (including phenoxy) is 1. The van der Waals surface area contributed by atoms with Gasteiger partial charge in [0.05, 0.1) is 12.4 Å². The Kier molecular flexibility index (Phi) is 5.24. The molecule has 114 valence electrons. The second kappa shape index (κ2) is 6.77. The molecule has 0 aliphatic heterocycles. The number of fused-ring (bicyclic) bond motifs is 1. The number of sulfonamides is 1. The Morgan fingerprint density at radius 2 is 1.86 bits per heavy atom. The summed E-state index contributed by atoms with van der Waals surface area (Å²) in [5.41, 5.74) is 0. The fourth-order valence-corrected chi connectivity index (χ4v) is 3.48. The van der Waals surface area contributed by atoms with Gasteiger partial charge in [0.25, 0.3) is 0 Å². The largest absolute Gasteiger partial charge is 0.493 e. The van der Waals surface area contributed by atoms with Crippen LogP contribution in [-0.4, -0.2) is 20.8 Å². The van der Waals surface area contributed by atoms with Gasteiger partial charge in [0.1, 0.15) is 5.75 Å². The molecule has 0 heterocycles. The molecular formula is C15H18BrNO3S. The monoisotopic (exact) mass is 371 g/mol. The first kappa shape index (κ1) is 16.3. The van der Waals surface area contributed by atoms with Crippen LogP contribution in [0.15, 0.2) is 40.9 Å². The van der Waals surface area contributed by atoms with Crippen molar-refractivity contribution in [3.63, 3.8) is 0 Å². The van der Waals surface area contributed by atoms with Crippen LogP contribution in [0.25, 0.3) is 10.8 Å². The summed E-state index contributed by atoms with van der Waals surface area (Å²) >= 11 is 3.44. The third kappa shape index (κ3) is 4.98. The van der Waals surface area contributed by atoms with Gasteiger partial charge in [-0.3, -0.25) is 0 Å². The lowest BCUT2D eigenvalue weighted by Crippen LogP contribution is -2.26. The van der Waals surface area contributed by atoms with E-state index in [-0.39, 0.29) is 11.7 Å². The molecule has 0 saturated heterocycles. The number of halogens is 1. The molecule has 0 aliphatic rings. The zero-order chi connectivity index (χ0) is 15.5. The summed E-state index contributed by atoms with van der Waals surface area (Å²) in [4.78, 5) is 0. The third-order valence-corrected chi connectivity index (χ3v) is 4.73. The van der Waals surface area contributed by atoms with Crippen molar-refractivity contribution < 1.29 is 13.2 Å². The molecule has 0 saturated carbocycles. The standard InChI is InChI=1S/C15H18BrNO3S/c1-2-11(10-21(17,18)19)9-20-15-6-4-12-7-14(16)5-3-13(12)8-15/h3-8,11H,2,9-10H2,1H3,(H2,17,18,19). The van der Waals surface area contributed by atoms with Crippen molar-refractivity contribution in [1.29, 1.82) is 0 Å². The van der Waals surface area contributed by atoms with Gasteiger partial charge in [0.2, 0.25) is 10.0 Å². The van der Waals surface area contributed by atoms with Gasteiger partial charge in [-0.05, 0) is 41.5 Å². The first-order valence-electron chi connectivity index (χ1n) is 6.70. The number of primary sulfonamides is 1. The number of hydrogen-bond acceptors (Lipinski definition) is 3. The molecule has 0 spiro atoms. The Bertz CT molecular complexity index is 731. The predicted molar refractivity (Wildman–Crippen MR) is 88.9 cm³/mol. The highest BCUT2D eigenvalue weighted by Gasteiger charge is 2.15. The molecule has 2 aromatic carbocycles. The van der Waals surface area contributed by atoms with Crippen LogP contribution in [0.1, 0.15) is 13.3 Å². The van der Waals surface area contributed by atoms with Crippen molar-refractivity contribution in [3.8, 4) is 5.75 Å². The van der Waals surface area contributed by atoms with Crippen LogP contribution in [0.2, 0.25) is 0 Å². The Morgan fingerprint density at radius 1 is 1.19 bits per heavy atom. The van der Waals surface area contributed by atoms with E-state index in [0.29, 0.717) is 13.0 Å². The minimum Gasteiger partial charge on any atom is -0.493 e. The van der Waals surface area contributed by atoms with Crippen molar-refractivity contribution in [1.82, 2.24) is 0 Å². The summed E-state index contributed by atoms with van der Waals surface area (Å²) < 4.78 is 29.0. The predicted octanol–water partition coefficient (Wildman–Crippen LogP) is 3.30. The van der Waals surface area contributed by atoms with Gasteiger partial charge in [-0.1, -0.05) is 35.0 Å². The normalized spacial score (nSPS) is 13.3. The molecule has 1 atom stereocenters. The summed E-state index contributed by atoms with van der Waals surface area (Å²) in [6.45, 7) is 2.27. The lowest BCUT2D eigenvalue weighted by atomic mass is 10.1. The molecular weight excluding hydrogens is 354 g/mol. The van der Waals surface area contributed by atoms with Crippen molar-refractivity contribution in [2.75, 3.05) is 12.4 Å². The quantitative estimate of drug-likeness (QED) is 0.846. The number of nitrogens with two attached hydrogens (primary N) is 1. The molecule has 4 nitrogen and oxygen atoms in total. The summed E-state index contributed by atoms with van der Waals surface area (Å²) in [5, 5.41) is 7.28. The minimum atomic E-state index is -3.46. The lowest BCUT2D eigenvalue weighted by Gasteiger charge is -2.15. The lowest BCUT2D eigenvalue weighted by molar-refractivity contribution is 0.258. The number of hydrogen-bond donors (Lipinski definition) is 1. The minimum absolute atomic E-state index is 0.0516. The summed E-state index contributed by atoms with van der Waals surface area (Å²) in [7, 11) is -3.46. The van der Waals surface area contributed by atoms with Gasteiger partial charge < -0.3 is 4.74 Å². The van der Waals surface area contributed by atoms with Crippen LogP contribution in [0, 0.1) is 5.92 Å². The van der Waals surface area contributed by atoms with Crippen molar-refractivity contribution in [2.24, 2.45) is 11.1 Å². The van der Waals surface area contributed by atoms with E-state index in [1.54, 1.807) is 0 Å². The average molecular weight is 372 g/mol. The summed E-state index contributed by atoms with van der Waals surface area (Å²) in [6.07, 6.45) is 0.705. The van der Waals surface area contributed by atoms with Gasteiger partial charge in [-0.2, -0.15) is 0 Å². The van der Waals surface area contributed by atoms with E-state index >= 15 is 0 Å². The van der Waals surface area contributed by atoms with E-state index in [0.717, 1.165) is 21.0 Å².